The predicted molar refractivity (Wildman–Crippen MR) is 117 cm³/mol. The van der Waals surface area contributed by atoms with Crippen molar-refractivity contribution < 1.29 is 24.5 Å². The first-order chi connectivity index (χ1) is 14.9. The number of piperidine rings is 1. The second kappa shape index (κ2) is 8.71. The van der Waals surface area contributed by atoms with Gasteiger partial charge in [-0.05, 0) is 80.6 Å². The molecule has 1 saturated carbocycles. The first-order valence-electron chi connectivity index (χ1n) is 10.9. The number of fused-ring (bicyclic) bond motifs is 1. The van der Waals surface area contributed by atoms with Gasteiger partial charge >= 0.3 is 11.9 Å². The first kappa shape index (κ1) is 21.4. The lowest BCUT2D eigenvalue weighted by molar-refractivity contribution is -0.159. The van der Waals surface area contributed by atoms with Crippen molar-refractivity contribution in [1.82, 2.24) is 4.90 Å². The third-order valence-electron chi connectivity index (χ3n) is 7.25. The van der Waals surface area contributed by atoms with Crippen LogP contribution in [0.1, 0.15) is 43.2 Å². The standard InChI is InChI=1S/C23H27NO.C2H2O4/c1-24-14-13-23-12-6-5-9-20(23)22(24)15-17-10-11-19(16-21(17)23)25-18-7-3-2-4-8-18;3-1(4)2(5)6/h2-4,7-8,10-11,16,20,22H,5-6,9,12-15H2,1H3;(H,3,4)(H,5,6)/t20-,22+,23+;/m0./s1. The molecule has 0 amide bonds. The molecule has 31 heavy (non-hydrogen) atoms. The molecule has 2 N–H and O–H groups in total. The van der Waals surface area contributed by atoms with E-state index < -0.39 is 11.9 Å². The Labute approximate surface area is 182 Å². The highest BCUT2D eigenvalue weighted by Gasteiger charge is 2.53. The van der Waals surface area contributed by atoms with E-state index in [1.807, 2.05) is 30.3 Å². The smallest absolute Gasteiger partial charge is 0.414 e. The van der Waals surface area contributed by atoms with E-state index in [0.717, 1.165) is 23.5 Å². The van der Waals surface area contributed by atoms with Crippen molar-refractivity contribution in [2.24, 2.45) is 5.92 Å². The molecule has 0 unspecified atom stereocenters. The summed E-state index contributed by atoms with van der Waals surface area (Å²) in [5.74, 6) is -0.886. The van der Waals surface area contributed by atoms with Crippen LogP contribution in [-0.2, 0) is 21.4 Å². The summed E-state index contributed by atoms with van der Waals surface area (Å²) in [5, 5.41) is 14.8. The number of carboxylic acid groups (broad SMARTS) is 2. The van der Waals surface area contributed by atoms with Gasteiger partial charge in [0.15, 0.2) is 0 Å². The Kier molecular flexibility index (Phi) is 6.01. The van der Waals surface area contributed by atoms with Crippen molar-refractivity contribution in [1.29, 1.82) is 0 Å². The number of hydrogen-bond acceptors (Lipinski definition) is 4. The molecular weight excluding hydrogens is 394 g/mol. The van der Waals surface area contributed by atoms with Gasteiger partial charge in [-0.25, -0.2) is 9.59 Å². The molecule has 1 aliphatic heterocycles. The van der Waals surface area contributed by atoms with Crippen LogP contribution in [-0.4, -0.2) is 46.7 Å². The van der Waals surface area contributed by atoms with Crippen LogP contribution in [0.5, 0.6) is 11.5 Å². The number of ether oxygens (including phenoxy) is 1. The molecule has 2 aromatic rings. The van der Waals surface area contributed by atoms with Crippen LogP contribution in [0.15, 0.2) is 48.5 Å². The van der Waals surface area contributed by atoms with Gasteiger partial charge in [-0.1, -0.05) is 37.1 Å². The van der Waals surface area contributed by atoms with Gasteiger partial charge in [0.25, 0.3) is 0 Å². The number of aliphatic carboxylic acids is 2. The molecule has 1 heterocycles. The summed E-state index contributed by atoms with van der Waals surface area (Å²) < 4.78 is 6.17. The van der Waals surface area contributed by atoms with E-state index in [-0.39, 0.29) is 0 Å². The van der Waals surface area contributed by atoms with Crippen LogP contribution in [0.4, 0.5) is 0 Å². The van der Waals surface area contributed by atoms with E-state index in [4.69, 9.17) is 24.5 Å². The van der Waals surface area contributed by atoms with Crippen molar-refractivity contribution >= 4 is 11.9 Å². The number of nitrogens with zero attached hydrogens (tertiary/aromatic N) is 1. The van der Waals surface area contributed by atoms with Gasteiger partial charge < -0.3 is 19.8 Å². The molecule has 2 aliphatic carbocycles. The number of para-hydroxylation sites is 1. The number of carbonyl (C=O) groups is 2. The average molecular weight is 424 g/mol. The molecule has 0 spiro atoms. The zero-order valence-electron chi connectivity index (χ0n) is 17.8. The SMILES string of the molecule is CN1CC[C@]23CCCC[C@H]2[C@H]1Cc1ccc(Oc2ccccc2)cc13.O=C(O)C(=O)O. The molecule has 0 aromatic heterocycles. The van der Waals surface area contributed by atoms with Crippen molar-refractivity contribution in [3.8, 4) is 11.5 Å². The van der Waals surface area contributed by atoms with Gasteiger partial charge in [0, 0.05) is 11.5 Å². The number of rotatable bonds is 2. The minimum atomic E-state index is -1.82. The fourth-order valence-corrected chi connectivity index (χ4v) is 5.86. The third kappa shape index (κ3) is 4.17. The highest BCUT2D eigenvalue weighted by molar-refractivity contribution is 6.27. The second-order valence-corrected chi connectivity index (χ2v) is 8.85. The number of carboxylic acids is 2. The third-order valence-corrected chi connectivity index (χ3v) is 7.25. The zero-order chi connectivity index (χ0) is 22.0. The van der Waals surface area contributed by atoms with Gasteiger partial charge in [-0.3, -0.25) is 0 Å². The molecule has 0 radical (unpaired) electrons. The summed E-state index contributed by atoms with van der Waals surface area (Å²) in [6, 6.07) is 17.8. The van der Waals surface area contributed by atoms with E-state index in [0.29, 0.717) is 5.41 Å². The number of likely N-dealkylation sites (tertiary alicyclic amines) is 1. The zero-order valence-corrected chi connectivity index (χ0v) is 17.8. The molecule has 3 atom stereocenters. The summed E-state index contributed by atoms with van der Waals surface area (Å²) in [5.41, 5.74) is 3.57. The van der Waals surface area contributed by atoms with Crippen molar-refractivity contribution in [2.75, 3.05) is 13.6 Å². The lowest BCUT2D eigenvalue weighted by Gasteiger charge is -2.58. The Morgan fingerprint density at radius 1 is 1.00 bits per heavy atom. The fourth-order valence-electron chi connectivity index (χ4n) is 5.86. The Morgan fingerprint density at radius 3 is 2.45 bits per heavy atom. The van der Waals surface area contributed by atoms with Crippen LogP contribution in [0.2, 0.25) is 0 Å². The van der Waals surface area contributed by atoms with Crippen LogP contribution in [0.25, 0.3) is 0 Å². The van der Waals surface area contributed by atoms with E-state index in [1.54, 1.807) is 11.1 Å². The molecule has 6 nitrogen and oxygen atoms in total. The van der Waals surface area contributed by atoms with Gasteiger partial charge in [0.2, 0.25) is 0 Å². The average Bonchev–Trinajstić information content (AvgIpc) is 2.77. The number of hydrogen-bond donors (Lipinski definition) is 2. The minimum Gasteiger partial charge on any atom is -0.473 e. The Morgan fingerprint density at radius 2 is 1.74 bits per heavy atom. The maximum atomic E-state index is 9.10. The van der Waals surface area contributed by atoms with Crippen molar-refractivity contribution in [3.63, 3.8) is 0 Å². The highest BCUT2D eigenvalue weighted by Crippen LogP contribution is 2.56. The Balaban J connectivity index is 0.000000342. The molecule has 6 heteroatoms. The maximum absolute atomic E-state index is 9.10. The van der Waals surface area contributed by atoms with Gasteiger partial charge in [-0.15, -0.1) is 0 Å². The predicted octanol–water partition coefficient (Wildman–Crippen LogP) is 4.32. The van der Waals surface area contributed by atoms with Gasteiger partial charge in [-0.2, -0.15) is 0 Å². The van der Waals surface area contributed by atoms with E-state index in [9.17, 15) is 0 Å². The van der Waals surface area contributed by atoms with Gasteiger partial charge in [0.1, 0.15) is 11.5 Å². The molecule has 3 aliphatic rings. The van der Waals surface area contributed by atoms with E-state index >= 15 is 0 Å². The topological polar surface area (TPSA) is 87.1 Å². The molecule has 5 rings (SSSR count). The molecule has 164 valence electrons. The number of benzene rings is 2. The number of likely N-dealkylation sites (N-methyl/N-ethyl adjacent to an activating group) is 1. The second-order valence-electron chi connectivity index (χ2n) is 8.85. The largest absolute Gasteiger partial charge is 0.473 e. The Hall–Kier alpha value is -2.86. The van der Waals surface area contributed by atoms with Crippen molar-refractivity contribution in [3.05, 3.63) is 59.7 Å². The van der Waals surface area contributed by atoms with Crippen LogP contribution < -0.4 is 4.74 Å². The summed E-state index contributed by atoms with van der Waals surface area (Å²) in [6.45, 7) is 1.24. The first-order valence-corrected chi connectivity index (χ1v) is 10.9. The minimum absolute atomic E-state index is 0.402. The van der Waals surface area contributed by atoms with Crippen LogP contribution >= 0.6 is 0 Å². The lowest BCUT2D eigenvalue weighted by Crippen LogP contribution is -2.59. The highest BCUT2D eigenvalue weighted by atomic mass is 16.5. The summed E-state index contributed by atoms with van der Waals surface area (Å²) in [6.07, 6.45) is 8.08. The van der Waals surface area contributed by atoms with Gasteiger partial charge in [0.05, 0.1) is 0 Å². The lowest BCUT2D eigenvalue weighted by atomic mass is 9.52. The fraction of sp³-hybridized carbons (Fsp3) is 0.440. The summed E-state index contributed by atoms with van der Waals surface area (Å²) in [4.78, 5) is 20.8. The molecular formula is C25H29NO5. The van der Waals surface area contributed by atoms with Crippen LogP contribution in [0, 0.1) is 5.92 Å². The molecule has 1 saturated heterocycles. The monoisotopic (exact) mass is 423 g/mol. The van der Waals surface area contributed by atoms with Crippen LogP contribution in [0.3, 0.4) is 0 Å². The van der Waals surface area contributed by atoms with E-state index in [1.165, 1.54) is 45.1 Å². The summed E-state index contributed by atoms with van der Waals surface area (Å²) in [7, 11) is 2.33. The van der Waals surface area contributed by atoms with Crippen molar-refractivity contribution in [2.45, 2.75) is 50.0 Å². The quantitative estimate of drug-likeness (QED) is 0.700. The molecule has 2 bridgehead atoms. The Bertz CT molecular complexity index is 948. The normalized spacial score (nSPS) is 26.5. The maximum Gasteiger partial charge on any atom is 0.414 e. The van der Waals surface area contributed by atoms with E-state index in [2.05, 4.69) is 30.1 Å². The molecule has 2 aromatic carbocycles. The summed E-state index contributed by atoms with van der Waals surface area (Å²) >= 11 is 0. The molecule has 2 fully saturated rings.